The summed E-state index contributed by atoms with van der Waals surface area (Å²) in [6.07, 6.45) is 1.54. The van der Waals surface area contributed by atoms with E-state index in [2.05, 4.69) is 11.9 Å². The van der Waals surface area contributed by atoms with Gasteiger partial charge in [0.1, 0.15) is 15.6 Å². The van der Waals surface area contributed by atoms with Crippen LogP contribution in [-0.4, -0.2) is 29.8 Å². The lowest BCUT2D eigenvalue weighted by atomic mass is 9.93. The third kappa shape index (κ3) is 2.44. The van der Waals surface area contributed by atoms with E-state index < -0.39 is 5.60 Å². The Morgan fingerprint density at radius 2 is 2.15 bits per heavy atom. The summed E-state index contributed by atoms with van der Waals surface area (Å²) in [5.41, 5.74) is -0.456. The third-order valence-corrected chi connectivity index (χ3v) is 4.83. The van der Waals surface area contributed by atoms with Crippen LogP contribution in [0.25, 0.3) is 10.2 Å². The summed E-state index contributed by atoms with van der Waals surface area (Å²) in [5, 5.41) is 1.44. The van der Waals surface area contributed by atoms with Crippen molar-refractivity contribution in [1.82, 2.24) is 9.97 Å². The second-order valence-corrected chi connectivity index (χ2v) is 6.55. The molecule has 0 saturated carbocycles. The lowest BCUT2D eigenvalue weighted by Gasteiger charge is -2.35. The fourth-order valence-corrected chi connectivity index (χ4v) is 3.78. The van der Waals surface area contributed by atoms with Crippen LogP contribution in [0.4, 0.5) is 0 Å². The number of aryl methyl sites for hydroxylation is 1. The number of hydrogen-bond donors (Lipinski definition) is 0. The maximum absolute atomic E-state index is 6.33. The van der Waals surface area contributed by atoms with Gasteiger partial charge in [-0.15, -0.1) is 11.3 Å². The Kier molecular flexibility index (Phi) is 3.95. The van der Waals surface area contributed by atoms with Crippen molar-refractivity contribution in [3.05, 3.63) is 21.9 Å². The van der Waals surface area contributed by atoms with E-state index in [0.717, 1.165) is 23.1 Å². The largest absolute Gasteiger partial charge is 0.381 e. The first-order chi connectivity index (χ1) is 9.64. The SMILES string of the molecule is CCOC1(c2nc(Cl)c3cc(C)sc3n2)CCOCC1. The highest BCUT2D eigenvalue weighted by molar-refractivity contribution is 7.18. The molecular weight excluding hydrogens is 296 g/mol. The van der Waals surface area contributed by atoms with Crippen LogP contribution in [0.5, 0.6) is 0 Å². The Hall–Kier alpha value is -0.750. The van der Waals surface area contributed by atoms with Gasteiger partial charge >= 0.3 is 0 Å². The fourth-order valence-electron chi connectivity index (χ4n) is 2.62. The molecule has 2 aromatic heterocycles. The number of rotatable bonds is 3. The van der Waals surface area contributed by atoms with Crippen LogP contribution in [-0.2, 0) is 15.1 Å². The molecule has 1 aliphatic heterocycles. The molecule has 0 radical (unpaired) electrons. The van der Waals surface area contributed by atoms with E-state index in [1.807, 2.05) is 13.0 Å². The van der Waals surface area contributed by atoms with Gasteiger partial charge < -0.3 is 9.47 Å². The van der Waals surface area contributed by atoms with E-state index in [1.54, 1.807) is 11.3 Å². The summed E-state index contributed by atoms with van der Waals surface area (Å²) in [5.74, 6) is 0.696. The van der Waals surface area contributed by atoms with Crippen LogP contribution in [0, 0.1) is 6.92 Å². The highest BCUT2D eigenvalue weighted by atomic mass is 35.5. The van der Waals surface area contributed by atoms with E-state index in [0.29, 0.717) is 30.8 Å². The lowest BCUT2D eigenvalue weighted by molar-refractivity contribution is -0.117. The van der Waals surface area contributed by atoms with E-state index in [1.165, 1.54) is 4.88 Å². The molecule has 1 aliphatic rings. The lowest BCUT2D eigenvalue weighted by Crippen LogP contribution is -2.38. The number of halogens is 1. The molecule has 0 amide bonds. The molecule has 6 heteroatoms. The number of nitrogens with zero attached hydrogens (tertiary/aromatic N) is 2. The first-order valence-electron chi connectivity index (χ1n) is 6.80. The van der Waals surface area contributed by atoms with E-state index in [4.69, 9.17) is 26.1 Å². The molecule has 1 saturated heterocycles. The minimum atomic E-state index is -0.456. The molecule has 1 fully saturated rings. The number of aromatic nitrogens is 2. The predicted octanol–water partition coefficient (Wildman–Crippen LogP) is 3.70. The minimum absolute atomic E-state index is 0.456. The van der Waals surface area contributed by atoms with E-state index >= 15 is 0 Å². The zero-order valence-corrected chi connectivity index (χ0v) is 13.2. The quantitative estimate of drug-likeness (QED) is 0.811. The third-order valence-electron chi connectivity index (χ3n) is 3.60. The summed E-state index contributed by atoms with van der Waals surface area (Å²) < 4.78 is 11.5. The molecule has 108 valence electrons. The highest BCUT2D eigenvalue weighted by Crippen LogP contribution is 2.37. The summed E-state index contributed by atoms with van der Waals surface area (Å²) >= 11 is 7.96. The molecule has 0 bridgehead atoms. The fraction of sp³-hybridized carbons (Fsp3) is 0.571. The maximum atomic E-state index is 6.33. The number of thiophene rings is 1. The van der Waals surface area contributed by atoms with Crippen LogP contribution in [0.3, 0.4) is 0 Å². The average molecular weight is 313 g/mol. The molecule has 3 rings (SSSR count). The van der Waals surface area contributed by atoms with Crippen molar-refractivity contribution in [1.29, 1.82) is 0 Å². The van der Waals surface area contributed by atoms with E-state index in [9.17, 15) is 0 Å². The van der Waals surface area contributed by atoms with Crippen molar-refractivity contribution in [2.45, 2.75) is 32.3 Å². The molecule has 0 aromatic carbocycles. The zero-order chi connectivity index (χ0) is 14.2. The monoisotopic (exact) mass is 312 g/mol. The molecule has 0 atom stereocenters. The van der Waals surface area contributed by atoms with E-state index in [-0.39, 0.29) is 0 Å². The van der Waals surface area contributed by atoms with Crippen molar-refractivity contribution >= 4 is 33.2 Å². The van der Waals surface area contributed by atoms with Crippen LogP contribution in [0.2, 0.25) is 5.15 Å². The Morgan fingerprint density at radius 3 is 2.85 bits per heavy atom. The van der Waals surface area contributed by atoms with Gasteiger partial charge in [0.25, 0.3) is 0 Å². The molecule has 2 aromatic rings. The van der Waals surface area contributed by atoms with Gasteiger partial charge in [-0.2, -0.15) is 0 Å². The standard InChI is InChI=1S/C14H17ClN2O2S/c1-3-19-14(4-6-18-7-5-14)13-16-11(15)10-8-9(2)20-12(10)17-13/h8H,3-7H2,1-2H3. The highest BCUT2D eigenvalue weighted by Gasteiger charge is 2.38. The summed E-state index contributed by atoms with van der Waals surface area (Å²) in [7, 11) is 0. The van der Waals surface area contributed by atoms with Gasteiger partial charge in [0, 0.05) is 42.9 Å². The molecule has 4 nitrogen and oxygen atoms in total. The normalized spacial score (nSPS) is 18.6. The zero-order valence-electron chi connectivity index (χ0n) is 11.6. The molecule has 0 aliphatic carbocycles. The molecule has 3 heterocycles. The van der Waals surface area contributed by atoms with Crippen molar-refractivity contribution < 1.29 is 9.47 Å². The minimum Gasteiger partial charge on any atom is -0.381 e. The molecule has 0 spiro atoms. The van der Waals surface area contributed by atoms with Crippen LogP contribution >= 0.6 is 22.9 Å². The number of hydrogen-bond acceptors (Lipinski definition) is 5. The Morgan fingerprint density at radius 1 is 1.40 bits per heavy atom. The van der Waals surface area contributed by atoms with Gasteiger partial charge in [-0.1, -0.05) is 11.6 Å². The summed E-state index contributed by atoms with van der Waals surface area (Å²) in [6, 6.07) is 2.03. The Bertz CT molecular complexity index is 617. The molecule has 0 N–H and O–H groups in total. The van der Waals surface area contributed by atoms with Crippen molar-refractivity contribution in [3.63, 3.8) is 0 Å². The topological polar surface area (TPSA) is 44.2 Å². The first kappa shape index (κ1) is 14.2. The second kappa shape index (κ2) is 5.56. The van der Waals surface area contributed by atoms with Gasteiger partial charge in [-0.25, -0.2) is 9.97 Å². The maximum Gasteiger partial charge on any atom is 0.163 e. The number of ether oxygens (including phenoxy) is 2. The summed E-state index contributed by atoms with van der Waals surface area (Å²) in [6.45, 7) is 6.01. The Balaban J connectivity index is 2.10. The first-order valence-corrected chi connectivity index (χ1v) is 8.00. The van der Waals surface area contributed by atoms with Crippen molar-refractivity contribution in [3.8, 4) is 0 Å². The second-order valence-electron chi connectivity index (χ2n) is 4.95. The van der Waals surface area contributed by atoms with Crippen LogP contribution < -0.4 is 0 Å². The predicted molar refractivity (Wildman–Crippen MR) is 80.5 cm³/mol. The van der Waals surface area contributed by atoms with Gasteiger partial charge in [0.15, 0.2) is 5.82 Å². The van der Waals surface area contributed by atoms with Gasteiger partial charge in [0.05, 0.1) is 0 Å². The van der Waals surface area contributed by atoms with Gasteiger partial charge in [-0.05, 0) is 19.9 Å². The van der Waals surface area contributed by atoms with Gasteiger partial charge in [-0.3, -0.25) is 0 Å². The van der Waals surface area contributed by atoms with Crippen molar-refractivity contribution in [2.24, 2.45) is 0 Å². The number of fused-ring (bicyclic) bond motifs is 1. The van der Waals surface area contributed by atoms with Gasteiger partial charge in [0.2, 0.25) is 0 Å². The van der Waals surface area contributed by atoms with Crippen LogP contribution in [0.15, 0.2) is 6.07 Å². The average Bonchev–Trinajstić information content (AvgIpc) is 2.81. The van der Waals surface area contributed by atoms with Crippen molar-refractivity contribution in [2.75, 3.05) is 19.8 Å². The molecule has 0 unspecified atom stereocenters. The Labute approximate surface area is 127 Å². The molecule has 20 heavy (non-hydrogen) atoms. The summed E-state index contributed by atoms with van der Waals surface area (Å²) in [4.78, 5) is 11.3. The van der Waals surface area contributed by atoms with Crippen LogP contribution in [0.1, 0.15) is 30.5 Å². The smallest absolute Gasteiger partial charge is 0.163 e. The molecular formula is C14H17ClN2O2S.